The third kappa shape index (κ3) is 4.09. The van der Waals surface area contributed by atoms with Crippen molar-refractivity contribution in [1.29, 1.82) is 5.26 Å². The van der Waals surface area contributed by atoms with Crippen LogP contribution in [0, 0.1) is 11.3 Å². The standard InChI is InChI=1S/C20H16ClN3O/c21-17-7-5-14(6-8-17)11-16(12-22)20(25)23-10-9-15-13-24-19-4-2-1-3-18(15)19/h1-8,11,13,24H,9-10H2,(H,23,25)/b16-11-. The van der Waals surface area contributed by atoms with E-state index in [9.17, 15) is 10.1 Å². The first kappa shape index (κ1) is 16.8. The third-order valence-electron chi connectivity index (χ3n) is 3.90. The zero-order chi connectivity index (χ0) is 17.6. The number of nitrogens with zero attached hydrogens (tertiary/aromatic N) is 1. The fourth-order valence-corrected chi connectivity index (χ4v) is 2.74. The highest BCUT2D eigenvalue weighted by Crippen LogP contribution is 2.17. The lowest BCUT2D eigenvalue weighted by atomic mass is 10.1. The van der Waals surface area contributed by atoms with Crippen LogP contribution in [-0.2, 0) is 11.2 Å². The Morgan fingerprint density at radius 3 is 2.72 bits per heavy atom. The van der Waals surface area contributed by atoms with E-state index in [-0.39, 0.29) is 11.5 Å². The number of hydrogen-bond acceptors (Lipinski definition) is 2. The first-order valence-corrected chi connectivity index (χ1v) is 8.26. The Morgan fingerprint density at radius 2 is 1.96 bits per heavy atom. The van der Waals surface area contributed by atoms with Gasteiger partial charge in [0.05, 0.1) is 0 Å². The predicted molar refractivity (Wildman–Crippen MR) is 100 cm³/mol. The molecule has 0 unspecified atom stereocenters. The van der Waals surface area contributed by atoms with E-state index in [4.69, 9.17) is 11.6 Å². The van der Waals surface area contributed by atoms with Crippen molar-refractivity contribution in [2.75, 3.05) is 6.54 Å². The van der Waals surface area contributed by atoms with E-state index in [2.05, 4.69) is 10.3 Å². The SMILES string of the molecule is N#C/C(=C/c1ccc(Cl)cc1)C(=O)NCCc1c[nH]c2ccccc12. The van der Waals surface area contributed by atoms with Gasteiger partial charge in [-0.15, -0.1) is 0 Å². The van der Waals surface area contributed by atoms with Crippen molar-refractivity contribution >= 4 is 34.5 Å². The average molecular weight is 350 g/mol. The average Bonchev–Trinajstić information content (AvgIpc) is 3.04. The van der Waals surface area contributed by atoms with Crippen LogP contribution >= 0.6 is 11.6 Å². The Kier molecular flexibility index (Phi) is 5.17. The molecule has 2 N–H and O–H groups in total. The number of carbonyl (C=O) groups excluding carboxylic acids is 1. The van der Waals surface area contributed by atoms with Crippen LogP contribution < -0.4 is 5.32 Å². The summed E-state index contributed by atoms with van der Waals surface area (Å²) in [7, 11) is 0. The van der Waals surface area contributed by atoms with Gasteiger partial charge in [0.1, 0.15) is 11.6 Å². The second-order valence-electron chi connectivity index (χ2n) is 5.59. The van der Waals surface area contributed by atoms with E-state index in [1.54, 1.807) is 30.3 Å². The number of carbonyl (C=O) groups is 1. The summed E-state index contributed by atoms with van der Waals surface area (Å²) < 4.78 is 0. The molecular formula is C20H16ClN3O. The first-order chi connectivity index (χ1) is 12.2. The summed E-state index contributed by atoms with van der Waals surface area (Å²) in [5.74, 6) is -0.378. The Hall–Kier alpha value is -3.03. The molecule has 0 aliphatic carbocycles. The molecule has 0 radical (unpaired) electrons. The van der Waals surface area contributed by atoms with Crippen molar-refractivity contribution in [2.24, 2.45) is 0 Å². The molecule has 0 saturated heterocycles. The summed E-state index contributed by atoms with van der Waals surface area (Å²) >= 11 is 5.84. The molecule has 5 heteroatoms. The van der Waals surface area contributed by atoms with Crippen molar-refractivity contribution in [1.82, 2.24) is 10.3 Å². The van der Waals surface area contributed by atoms with Crippen molar-refractivity contribution in [3.8, 4) is 6.07 Å². The van der Waals surface area contributed by atoms with E-state index in [1.807, 2.05) is 36.5 Å². The van der Waals surface area contributed by atoms with Gasteiger partial charge >= 0.3 is 0 Å². The van der Waals surface area contributed by atoms with Crippen molar-refractivity contribution in [3.63, 3.8) is 0 Å². The lowest BCUT2D eigenvalue weighted by Gasteiger charge is -2.04. The molecule has 0 spiro atoms. The van der Waals surface area contributed by atoms with Gasteiger partial charge in [0.15, 0.2) is 0 Å². The molecule has 4 nitrogen and oxygen atoms in total. The van der Waals surface area contributed by atoms with Crippen molar-refractivity contribution in [2.45, 2.75) is 6.42 Å². The molecule has 2 aromatic carbocycles. The molecule has 1 heterocycles. The summed E-state index contributed by atoms with van der Waals surface area (Å²) in [6.07, 6.45) is 4.19. The van der Waals surface area contributed by atoms with Gasteiger partial charge < -0.3 is 10.3 Å². The maximum atomic E-state index is 12.2. The quantitative estimate of drug-likeness (QED) is 0.538. The van der Waals surface area contributed by atoms with Gasteiger partial charge in [0, 0.05) is 28.7 Å². The Balaban J connectivity index is 1.63. The summed E-state index contributed by atoms with van der Waals surface area (Å²) in [4.78, 5) is 15.4. The number of para-hydroxylation sites is 1. The zero-order valence-electron chi connectivity index (χ0n) is 13.4. The van der Waals surface area contributed by atoms with E-state index in [0.717, 1.165) is 22.0 Å². The highest BCUT2D eigenvalue weighted by Gasteiger charge is 2.09. The third-order valence-corrected chi connectivity index (χ3v) is 4.15. The number of hydrogen-bond donors (Lipinski definition) is 2. The molecule has 25 heavy (non-hydrogen) atoms. The molecule has 0 saturated carbocycles. The van der Waals surface area contributed by atoms with Gasteiger partial charge in [0.2, 0.25) is 0 Å². The van der Waals surface area contributed by atoms with E-state index in [1.165, 1.54) is 0 Å². The van der Waals surface area contributed by atoms with Crippen molar-refractivity contribution < 1.29 is 4.79 Å². The van der Waals surface area contributed by atoms with Crippen LogP contribution in [0.1, 0.15) is 11.1 Å². The fourth-order valence-electron chi connectivity index (χ4n) is 2.62. The van der Waals surface area contributed by atoms with Crippen LogP contribution in [0.4, 0.5) is 0 Å². The molecule has 3 rings (SSSR count). The molecule has 124 valence electrons. The van der Waals surface area contributed by atoms with E-state index in [0.29, 0.717) is 18.0 Å². The van der Waals surface area contributed by atoms with Gasteiger partial charge in [-0.2, -0.15) is 5.26 Å². The normalized spacial score (nSPS) is 11.3. The summed E-state index contributed by atoms with van der Waals surface area (Å²) in [6.45, 7) is 0.459. The molecule has 1 aromatic heterocycles. The van der Waals surface area contributed by atoms with Gasteiger partial charge in [-0.1, -0.05) is 41.9 Å². The number of aromatic nitrogens is 1. The smallest absolute Gasteiger partial charge is 0.261 e. The predicted octanol–water partition coefficient (Wildman–Crippen LogP) is 4.09. The van der Waals surface area contributed by atoms with Gasteiger partial charge in [-0.05, 0) is 41.8 Å². The lowest BCUT2D eigenvalue weighted by Crippen LogP contribution is -2.26. The largest absolute Gasteiger partial charge is 0.361 e. The maximum Gasteiger partial charge on any atom is 0.261 e. The number of nitrogens with one attached hydrogen (secondary N) is 2. The minimum atomic E-state index is -0.378. The molecule has 3 aromatic rings. The molecule has 1 amide bonds. The lowest BCUT2D eigenvalue weighted by molar-refractivity contribution is -0.117. The van der Waals surface area contributed by atoms with Crippen LogP contribution in [-0.4, -0.2) is 17.4 Å². The molecule has 0 fully saturated rings. The van der Waals surface area contributed by atoms with E-state index < -0.39 is 0 Å². The molecular weight excluding hydrogens is 334 g/mol. The zero-order valence-corrected chi connectivity index (χ0v) is 14.2. The van der Waals surface area contributed by atoms with E-state index >= 15 is 0 Å². The number of fused-ring (bicyclic) bond motifs is 1. The van der Waals surface area contributed by atoms with Gasteiger partial charge in [0.25, 0.3) is 5.91 Å². The highest BCUT2D eigenvalue weighted by molar-refractivity contribution is 6.30. The van der Waals surface area contributed by atoms with Crippen LogP contribution in [0.5, 0.6) is 0 Å². The molecule has 0 aliphatic heterocycles. The second-order valence-corrected chi connectivity index (χ2v) is 6.02. The van der Waals surface area contributed by atoms with Crippen molar-refractivity contribution in [3.05, 3.63) is 76.5 Å². The number of benzene rings is 2. The van der Waals surface area contributed by atoms with Gasteiger partial charge in [-0.25, -0.2) is 0 Å². The van der Waals surface area contributed by atoms with Crippen LogP contribution in [0.2, 0.25) is 5.02 Å². The number of halogens is 1. The van der Waals surface area contributed by atoms with Gasteiger partial charge in [-0.3, -0.25) is 4.79 Å². The number of nitriles is 1. The molecule has 0 aliphatic rings. The fraction of sp³-hybridized carbons (Fsp3) is 0.100. The number of H-pyrrole nitrogens is 1. The highest BCUT2D eigenvalue weighted by atomic mass is 35.5. The Bertz CT molecular complexity index is 965. The van der Waals surface area contributed by atoms with Crippen LogP contribution in [0.25, 0.3) is 17.0 Å². The number of aromatic amines is 1. The van der Waals surface area contributed by atoms with Crippen LogP contribution in [0.3, 0.4) is 0 Å². The molecule has 0 atom stereocenters. The summed E-state index contributed by atoms with van der Waals surface area (Å²) in [6, 6.07) is 16.9. The maximum absolute atomic E-state index is 12.2. The van der Waals surface area contributed by atoms with Crippen LogP contribution in [0.15, 0.2) is 60.3 Å². The minimum absolute atomic E-state index is 0.0706. The summed E-state index contributed by atoms with van der Waals surface area (Å²) in [5, 5.41) is 13.8. The Morgan fingerprint density at radius 1 is 1.20 bits per heavy atom. The minimum Gasteiger partial charge on any atom is -0.361 e. The summed E-state index contributed by atoms with van der Waals surface area (Å²) in [5.41, 5.74) is 3.04. The number of rotatable bonds is 5. The Labute approximate surface area is 150 Å². The number of amides is 1. The monoisotopic (exact) mass is 349 g/mol. The second kappa shape index (κ2) is 7.69. The first-order valence-electron chi connectivity index (χ1n) is 7.88. The topological polar surface area (TPSA) is 68.7 Å². The molecule has 0 bridgehead atoms.